The van der Waals surface area contributed by atoms with Gasteiger partial charge < -0.3 is 148 Å². The molecule has 25 atom stereocenters. The summed E-state index contributed by atoms with van der Waals surface area (Å²) in [6, 6.07) is 0.661. The Hall–Kier alpha value is -7.38. The lowest BCUT2D eigenvalue weighted by molar-refractivity contribution is -0.352. The van der Waals surface area contributed by atoms with Gasteiger partial charge in [0.2, 0.25) is 41.7 Å². The standard InChI is InChI=1S/C59H86N12O25/c1-23(2)13-14-70-18-31(71(59(70)61)55-46(84)43(81)41(79)32(20-73)93-55)40(78)38-53(90)65-30(19-72)50(87)62-17-35(76)67-36(24(3)26-7-5-4-6-8-26)52(89)64-28(51(88)68-37(54(91)69-38)39(77)29-16-63-58(60)66-29)15-25-9-11-27(12-10-25)92-56-48(86)45(83)49(34(22-75)95-56)96-57-47(85)44(82)42(80)33(21-74)94-57/h4-13,24,28-34,36-49,55-57,61,72-75,77-86H,14-22H2,1-3H3,(H,62,87)(H,64,89)(H,65,90)(H,67,76)(H,68,88)(H,69,91)(H3,60,63,66). The van der Waals surface area contributed by atoms with E-state index in [2.05, 4.69) is 42.5 Å². The maximum absolute atomic E-state index is 15.3. The number of nitrogens with zero attached hydrogens (tertiary/aromatic N) is 2. The number of rotatable bonds is 19. The van der Waals surface area contributed by atoms with Crippen molar-refractivity contribution in [3.05, 3.63) is 77.4 Å². The number of carbonyl (C=O) groups is 6. The van der Waals surface area contributed by atoms with Gasteiger partial charge >= 0.3 is 0 Å². The molecule has 0 aliphatic carbocycles. The number of guanidine groups is 2. The van der Waals surface area contributed by atoms with Crippen LogP contribution in [-0.2, 0) is 54.1 Å². The molecule has 0 radical (unpaired) electrons. The van der Waals surface area contributed by atoms with Crippen LogP contribution >= 0.6 is 0 Å². The van der Waals surface area contributed by atoms with E-state index in [0.29, 0.717) is 5.56 Å². The number of carbonyl (C=O) groups excluding carboxylic acids is 6. The SMILES string of the molecule is CC(C)=CCN1CC(C(O)C2NC(=O)C(C(O)C3CNC(=N)N3)NC(=O)C(Cc3ccc(OC4OC(CO)C(OC5OC(CO)C(O)C(O)C5O)C(O)C4O)cc3)NC(=O)C(C(C)c3ccccc3)NC(=O)CNC(=O)C(CO)NC2=O)N(C2OC(CO)C(O)C(O)C2O)C1=N. The third kappa shape index (κ3) is 16.9. The minimum absolute atomic E-state index is 0.0599. The van der Waals surface area contributed by atoms with Crippen LogP contribution < -0.4 is 47.3 Å². The molecule has 0 saturated carbocycles. The lowest BCUT2D eigenvalue weighted by Crippen LogP contribution is -2.69. The number of benzene rings is 2. The van der Waals surface area contributed by atoms with Crippen LogP contribution in [-0.4, -0.2) is 328 Å². The molecule has 37 nitrogen and oxygen atoms in total. The molecule has 0 aromatic heterocycles. The summed E-state index contributed by atoms with van der Waals surface area (Å²) in [5.41, 5.74) is 1.46. The number of amides is 6. The highest BCUT2D eigenvalue weighted by Gasteiger charge is 2.55. The predicted octanol–water partition coefficient (Wildman–Crippen LogP) is -11.5. The molecular formula is C59H86N12O25. The molecular weight excluding hydrogens is 1280 g/mol. The molecule has 2 aromatic carbocycles. The third-order valence-electron chi connectivity index (χ3n) is 17.5. The molecule has 0 spiro atoms. The Balaban J connectivity index is 1.13. The van der Waals surface area contributed by atoms with Crippen LogP contribution in [0, 0.1) is 10.8 Å². The lowest BCUT2D eigenvalue weighted by Gasteiger charge is -2.46. The topological polar surface area (TPSA) is 582 Å². The van der Waals surface area contributed by atoms with Crippen molar-refractivity contribution in [2.75, 3.05) is 52.6 Å². The molecule has 532 valence electrons. The zero-order chi connectivity index (χ0) is 70.1. The molecule has 0 bridgehead atoms. The number of hydrogen-bond donors (Lipinski definition) is 24. The van der Waals surface area contributed by atoms with Crippen molar-refractivity contribution in [3.63, 3.8) is 0 Å². The summed E-state index contributed by atoms with van der Waals surface area (Å²) in [4.78, 5) is 90.3. The number of nitrogens with one attached hydrogen (secondary N) is 10. The van der Waals surface area contributed by atoms with E-state index in [-0.39, 0.29) is 30.4 Å². The lowest BCUT2D eigenvalue weighted by atomic mass is 9.92. The van der Waals surface area contributed by atoms with Gasteiger partial charge in [-0.15, -0.1) is 0 Å². The highest BCUT2D eigenvalue weighted by Crippen LogP contribution is 2.33. The number of aliphatic hydroxyl groups excluding tert-OH is 14. The van der Waals surface area contributed by atoms with Crippen molar-refractivity contribution in [3.8, 4) is 5.75 Å². The molecule has 6 aliphatic rings. The smallest absolute Gasteiger partial charge is 0.246 e. The minimum atomic E-state index is -2.38. The van der Waals surface area contributed by atoms with Gasteiger partial charge in [0.15, 0.2) is 24.4 Å². The van der Waals surface area contributed by atoms with Gasteiger partial charge in [0.25, 0.3) is 0 Å². The molecule has 8 rings (SSSR count). The zero-order valence-electron chi connectivity index (χ0n) is 52.2. The molecule has 6 heterocycles. The Labute approximate surface area is 548 Å². The Kier molecular flexibility index (Phi) is 25.4. The van der Waals surface area contributed by atoms with Crippen molar-refractivity contribution in [2.45, 2.75) is 180 Å². The van der Waals surface area contributed by atoms with Crippen molar-refractivity contribution in [2.24, 2.45) is 0 Å². The van der Waals surface area contributed by atoms with E-state index >= 15 is 9.59 Å². The molecule has 24 N–H and O–H groups in total. The van der Waals surface area contributed by atoms with E-state index in [1.165, 1.54) is 29.2 Å². The fraction of sp³-hybridized carbons (Fsp3) is 0.627. The average molecular weight is 1360 g/mol. The van der Waals surface area contributed by atoms with Crippen molar-refractivity contribution < 1.29 is 124 Å². The first kappa shape index (κ1) is 74.4. The van der Waals surface area contributed by atoms with Crippen LogP contribution in [0.5, 0.6) is 5.75 Å². The van der Waals surface area contributed by atoms with E-state index < -0.39 is 240 Å². The van der Waals surface area contributed by atoms with E-state index in [1.807, 2.05) is 0 Å². The second-order valence-electron chi connectivity index (χ2n) is 24.4. The Bertz CT molecular complexity index is 3060. The van der Waals surface area contributed by atoms with Crippen LogP contribution in [0.2, 0.25) is 0 Å². The zero-order valence-corrected chi connectivity index (χ0v) is 52.2. The van der Waals surface area contributed by atoms with Crippen LogP contribution in [0.4, 0.5) is 0 Å². The van der Waals surface area contributed by atoms with Crippen molar-refractivity contribution in [1.82, 2.24) is 52.3 Å². The minimum Gasteiger partial charge on any atom is -0.462 e. The van der Waals surface area contributed by atoms with Gasteiger partial charge in [0.1, 0.15) is 121 Å². The van der Waals surface area contributed by atoms with Gasteiger partial charge in [-0.1, -0.05) is 61.0 Å². The molecule has 25 unspecified atom stereocenters. The van der Waals surface area contributed by atoms with E-state index in [0.717, 1.165) is 10.5 Å². The Morgan fingerprint density at radius 1 is 0.604 bits per heavy atom. The summed E-state index contributed by atoms with van der Waals surface area (Å²) in [6.45, 7) is -0.429. The quantitative estimate of drug-likeness (QED) is 0.0581. The van der Waals surface area contributed by atoms with Crippen LogP contribution in [0.1, 0.15) is 37.8 Å². The number of hydrogen-bond acceptors (Lipinski definition) is 27. The van der Waals surface area contributed by atoms with Gasteiger partial charge in [-0.2, -0.15) is 0 Å². The Morgan fingerprint density at radius 3 is 1.79 bits per heavy atom. The van der Waals surface area contributed by atoms with Gasteiger partial charge in [0, 0.05) is 32.0 Å². The summed E-state index contributed by atoms with van der Waals surface area (Å²) in [6.07, 6.45) is -30.3. The predicted molar refractivity (Wildman–Crippen MR) is 325 cm³/mol. The first-order chi connectivity index (χ1) is 45.6. The fourth-order valence-corrected chi connectivity index (χ4v) is 11.9. The maximum atomic E-state index is 15.3. The normalized spacial score (nSPS) is 36.3. The molecule has 96 heavy (non-hydrogen) atoms. The van der Waals surface area contributed by atoms with Crippen molar-refractivity contribution >= 4 is 47.4 Å². The molecule has 2 aromatic rings. The number of ether oxygens (including phenoxy) is 5. The number of allylic oxidation sites excluding steroid dienone is 1. The van der Waals surface area contributed by atoms with Crippen molar-refractivity contribution in [1.29, 1.82) is 10.8 Å². The maximum Gasteiger partial charge on any atom is 0.246 e. The molecule has 6 saturated heterocycles. The van der Waals surface area contributed by atoms with E-state index in [9.17, 15) is 96.1 Å². The number of aliphatic hydroxyl groups is 14. The second-order valence-corrected chi connectivity index (χ2v) is 24.4. The fourth-order valence-electron chi connectivity index (χ4n) is 11.9. The van der Waals surface area contributed by atoms with Gasteiger partial charge in [-0.3, -0.25) is 39.6 Å². The van der Waals surface area contributed by atoms with Crippen LogP contribution in [0.15, 0.2) is 66.2 Å². The molecule has 37 heteroatoms. The van der Waals surface area contributed by atoms with Gasteiger partial charge in [0.05, 0.1) is 45.1 Å². The third-order valence-corrected chi connectivity index (χ3v) is 17.5. The highest BCUT2D eigenvalue weighted by atomic mass is 16.7. The molecule has 6 aliphatic heterocycles. The summed E-state index contributed by atoms with van der Waals surface area (Å²) in [7, 11) is 0. The summed E-state index contributed by atoms with van der Waals surface area (Å²) >= 11 is 0. The first-order valence-corrected chi connectivity index (χ1v) is 30.9. The average Bonchev–Trinajstić information content (AvgIpc) is 1.61. The summed E-state index contributed by atoms with van der Waals surface area (Å²) in [5, 5.41) is 189. The summed E-state index contributed by atoms with van der Waals surface area (Å²) in [5.74, 6) is -9.20. The van der Waals surface area contributed by atoms with E-state index in [4.69, 9.17) is 29.1 Å². The van der Waals surface area contributed by atoms with E-state index in [1.54, 1.807) is 57.2 Å². The van der Waals surface area contributed by atoms with Gasteiger partial charge in [-0.25, -0.2) is 0 Å². The highest BCUT2D eigenvalue weighted by molar-refractivity contribution is 5.98. The monoisotopic (exact) mass is 1360 g/mol. The molecule has 6 amide bonds. The Morgan fingerprint density at radius 2 is 1.18 bits per heavy atom. The van der Waals surface area contributed by atoms with Gasteiger partial charge in [-0.05, 0) is 37.1 Å². The first-order valence-electron chi connectivity index (χ1n) is 30.9. The van der Waals surface area contributed by atoms with Crippen LogP contribution in [0.25, 0.3) is 0 Å². The second kappa shape index (κ2) is 32.8. The molecule has 6 fully saturated rings. The van der Waals surface area contributed by atoms with Crippen LogP contribution in [0.3, 0.4) is 0 Å². The summed E-state index contributed by atoms with van der Waals surface area (Å²) < 4.78 is 28.5. The largest absolute Gasteiger partial charge is 0.462 e.